The SMILES string of the molecule is CCCc1nc(NC)cc(Nc2cc(C#N)ccc2C)n1. The maximum absolute atomic E-state index is 9.00. The predicted molar refractivity (Wildman–Crippen MR) is 84.8 cm³/mol. The van der Waals surface area contributed by atoms with Crippen molar-refractivity contribution in [2.45, 2.75) is 26.7 Å². The highest BCUT2D eigenvalue weighted by atomic mass is 15.1. The van der Waals surface area contributed by atoms with Crippen LogP contribution in [0.25, 0.3) is 0 Å². The summed E-state index contributed by atoms with van der Waals surface area (Å²) in [5.41, 5.74) is 2.58. The van der Waals surface area contributed by atoms with Gasteiger partial charge in [-0.2, -0.15) is 5.26 Å². The van der Waals surface area contributed by atoms with Gasteiger partial charge in [0.2, 0.25) is 0 Å². The van der Waals surface area contributed by atoms with Crippen molar-refractivity contribution in [1.82, 2.24) is 9.97 Å². The van der Waals surface area contributed by atoms with Gasteiger partial charge in [-0.3, -0.25) is 0 Å². The van der Waals surface area contributed by atoms with Crippen LogP contribution in [-0.4, -0.2) is 17.0 Å². The predicted octanol–water partition coefficient (Wildman–Crippen LogP) is 3.39. The quantitative estimate of drug-likeness (QED) is 0.878. The molecule has 0 aliphatic rings. The van der Waals surface area contributed by atoms with E-state index in [1.54, 1.807) is 0 Å². The first kappa shape index (κ1) is 14.8. The molecule has 2 aromatic rings. The molecule has 2 N–H and O–H groups in total. The van der Waals surface area contributed by atoms with Crippen LogP contribution in [-0.2, 0) is 6.42 Å². The molecular formula is C16H19N5. The van der Waals surface area contributed by atoms with Gasteiger partial charge in [-0.1, -0.05) is 13.0 Å². The lowest BCUT2D eigenvalue weighted by Gasteiger charge is -2.11. The van der Waals surface area contributed by atoms with Crippen LogP contribution in [0.1, 0.15) is 30.3 Å². The summed E-state index contributed by atoms with van der Waals surface area (Å²) >= 11 is 0. The number of rotatable bonds is 5. The van der Waals surface area contributed by atoms with Crippen LogP contribution in [0.15, 0.2) is 24.3 Å². The van der Waals surface area contributed by atoms with Crippen molar-refractivity contribution in [3.05, 3.63) is 41.2 Å². The summed E-state index contributed by atoms with van der Waals surface area (Å²) in [5, 5.41) is 15.3. The number of nitriles is 1. The number of nitrogens with zero attached hydrogens (tertiary/aromatic N) is 3. The molecule has 2 rings (SSSR count). The molecule has 5 heteroatoms. The number of aromatic nitrogens is 2. The highest BCUT2D eigenvalue weighted by molar-refractivity contribution is 5.64. The summed E-state index contributed by atoms with van der Waals surface area (Å²) in [6.45, 7) is 4.10. The third-order valence-electron chi connectivity index (χ3n) is 3.13. The fourth-order valence-corrected chi connectivity index (χ4v) is 1.99. The average molecular weight is 281 g/mol. The van der Waals surface area contributed by atoms with Crippen LogP contribution in [0.5, 0.6) is 0 Å². The standard InChI is InChI=1S/C16H19N5/c1-4-5-14-20-15(18-3)9-16(21-14)19-13-8-12(10-17)7-6-11(13)2/h6-9H,4-5H2,1-3H3,(H2,18,19,20,21). The third kappa shape index (κ3) is 3.69. The van der Waals surface area contributed by atoms with Crippen molar-refractivity contribution < 1.29 is 0 Å². The zero-order chi connectivity index (χ0) is 15.2. The molecule has 1 heterocycles. The lowest BCUT2D eigenvalue weighted by molar-refractivity contribution is 0.838. The van der Waals surface area contributed by atoms with E-state index in [0.717, 1.165) is 41.6 Å². The van der Waals surface area contributed by atoms with E-state index in [4.69, 9.17) is 5.26 Å². The summed E-state index contributed by atoms with van der Waals surface area (Å²) in [6, 6.07) is 9.57. The van der Waals surface area contributed by atoms with E-state index in [1.165, 1.54) is 0 Å². The number of anilines is 3. The molecule has 1 aromatic heterocycles. The Bertz CT molecular complexity index is 673. The van der Waals surface area contributed by atoms with E-state index in [1.807, 2.05) is 38.2 Å². The molecule has 0 aliphatic carbocycles. The Hall–Kier alpha value is -2.61. The number of benzene rings is 1. The van der Waals surface area contributed by atoms with Crippen LogP contribution in [0.4, 0.5) is 17.3 Å². The van der Waals surface area contributed by atoms with Gasteiger partial charge in [0.05, 0.1) is 11.6 Å². The number of hydrogen-bond donors (Lipinski definition) is 2. The molecule has 0 fully saturated rings. The second kappa shape index (κ2) is 6.71. The molecule has 21 heavy (non-hydrogen) atoms. The smallest absolute Gasteiger partial charge is 0.136 e. The fraction of sp³-hybridized carbons (Fsp3) is 0.312. The first-order valence-corrected chi connectivity index (χ1v) is 6.99. The molecule has 108 valence electrons. The second-order valence-electron chi connectivity index (χ2n) is 4.82. The highest BCUT2D eigenvalue weighted by Gasteiger charge is 2.06. The van der Waals surface area contributed by atoms with Gasteiger partial charge in [0, 0.05) is 25.2 Å². The Morgan fingerprint density at radius 1 is 1.19 bits per heavy atom. The Labute approximate surface area is 125 Å². The van der Waals surface area contributed by atoms with E-state index in [9.17, 15) is 0 Å². The van der Waals surface area contributed by atoms with E-state index < -0.39 is 0 Å². The van der Waals surface area contributed by atoms with Gasteiger partial charge in [0.1, 0.15) is 17.5 Å². The molecule has 0 unspecified atom stereocenters. The van der Waals surface area contributed by atoms with E-state index in [0.29, 0.717) is 5.56 Å². The first-order chi connectivity index (χ1) is 10.2. The summed E-state index contributed by atoms with van der Waals surface area (Å²) in [6.07, 6.45) is 1.83. The topological polar surface area (TPSA) is 73.6 Å². The van der Waals surface area contributed by atoms with Gasteiger partial charge in [0.15, 0.2) is 0 Å². The van der Waals surface area contributed by atoms with Crippen LogP contribution in [0, 0.1) is 18.3 Å². The van der Waals surface area contributed by atoms with Gasteiger partial charge >= 0.3 is 0 Å². The number of hydrogen-bond acceptors (Lipinski definition) is 5. The zero-order valence-electron chi connectivity index (χ0n) is 12.6. The monoisotopic (exact) mass is 281 g/mol. The fourth-order valence-electron chi connectivity index (χ4n) is 1.99. The Kier molecular flexibility index (Phi) is 4.72. The minimum atomic E-state index is 0.625. The maximum atomic E-state index is 9.00. The van der Waals surface area contributed by atoms with Crippen molar-refractivity contribution in [2.75, 3.05) is 17.7 Å². The molecular weight excluding hydrogens is 262 g/mol. The number of aryl methyl sites for hydroxylation is 2. The molecule has 5 nitrogen and oxygen atoms in total. The summed E-state index contributed by atoms with van der Waals surface area (Å²) < 4.78 is 0. The normalized spacial score (nSPS) is 10.0. The molecule has 1 aromatic carbocycles. The summed E-state index contributed by atoms with van der Waals surface area (Å²) in [4.78, 5) is 8.94. The minimum Gasteiger partial charge on any atom is -0.373 e. The first-order valence-electron chi connectivity index (χ1n) is 6.99. The molecule has 0 atom stereocenters. The van der Waals surface area contributed by atoms with Crippen LogP contribution in [0.2, 0.25) is 0 Å². The lowest BCUT2D eigenvalue weighted by Crippen LogP contribution is -2.04. The zero-order valence-corrected chi connectivity index (χ0v) is 12.6. The summed E-state index contributed by atoms with van der Waals surface area (Å²) in [7, 11) is 1.84. The highest BCUT2D eigenvalue weighted by Crippen LogP contribution is 2.22. The van der Waals surface area contributed by atoms with E-state index in [2.05, 4.69) is 33.6 Å². The lowest BCUT2D eigenvalue weighted by atomic mass is 10.1. The Morgan fingerprint density at radius 3 is 2.62 bits per heavy atom. The van der Waals surface area contributed by atoms with Crippen molar-refractivity contribution >= 4 is 17.3 Å². The Balaban J connectivity index is 2.34. The number of nitrogens with one attached hydrogen (secondary N) is 2. The van der Waals surface area contributed by atoms with Crippen molar-refractivity contribution in [2.24, 2.45) is 0 Å². The third-order valence-corrected chi connectivity index (χ3v) is 3.13. The van der Waals surface area contributed by atoms with Gasteiger partial charge in [0.25, 0.3) is 0 Å². The molecule has 0 spiro atoms. The van der Waals surface area contributed by atoms with Crippen molar-refractivity contribution in [3.8, 4) is 6.07 Å². The van der Waals surface area contributed by atoms with Gasteiger partial charge in [-0.05, 0) is 31.0 Å². The van der Waals surface area contributed by atoms with Gasteiger partial charge < -0.3 is 10.6 Å². The maximum Gasteiger partial charge on any atom is 0.136 e. The van der Waals surface area contributed by atoms with Crippen LogP contribution < -0.4 is 10.6 Å². The van der Waals surface area contributed by atoms with E-state index >= 15 is 0 Å². The largest absolute Gasteiger partial charge is 0.373 e. The second-order valence-corrected chi connectivity index (χ2v) is 4.82. The van der Waals surface area contributed by atoms with Crippen LogP contribution in [0.3, 0.4) is 0 Å². The van der Waals surface area contributed by atoms with E-state index in [-0.39, 0.29) is 0 Å². The van der Waals surface area contributed by atoms with Crippen LogP contribution >= 0.6 is 0 Å². The molecule has 0 saturated carbocycles. The summed E-state index contributed by atoms with van der Waals surface area (Å²) in [5.74, 6) is 2.32. The Morgan fingerprint density at radius 2 is 1.95 bits per heavy atom. The van der Waals surface area contributed by atoms with Crippen molar-refractivity contribution in [3.63, 3.8) is 0 Å². The van der Waals surface area contributed by atoms with Gasteiger partial charge in [-0.25, -0.2) is 9.97 Å². The molecule has 0 radical (unpaired) electrons. The molecule has 0 amide bonds. The average Bonchev–Trinajstić information content (AvgIpc) is 2.49. The molecule has 0 bridgehead atoms. The molecule has 0 saturated heterocycles. The van der Waals surface area contributed by atoms with Gasteiger partial charge in [-0.15, -0.1) is 0 Å². The minimum absolute atomic E-state index is 0.625. The van der Waals surface area contributed by atoms with Crippen molar-refractivity contribution in [1.29, 1.82) is 5.26 Å². The molecule has 0 aliphatic heterocycles.